The van der Waals surface area contributed by atoms with Crippen molar-refractivity contribution >= 4 is 72.9 Å². The molecule has 1 unspecified atom stereocenters. The molecule has 2 aliphatic rings. The molecule has 1 atom stereocenters. The standard InChI is InChI=1S/C72H52N4/c1-7-24-54(25-8-1)73(55-26-9-2-10-27-55)60-46-53(47-61(50-60)74(56-28-11-3-12-29-56)57-30-13-4-14-31-57)63-39-23-38-62(51-42-44-70-66(48-51)64-36-19-21-40-68(64)75(70)58-32-15-5-16-33-58)72(63)52-43-45-71-67(49-52)65-37-20-22-41-69(65)76(71)59-34-17-6-18-35-59/h1-40,42-50,69H,41H2. The van der Waals surface area contributed by atoms with Crippen molar-refractivity contribution < 1.29 is 0 Å². The van der Waals surface area contributed by atoms with Crippen molar-refractivity contribution in [3.63, 3.8) is 0 Å². The van der Waals surface area contributed by atoms with Crippen LogP contribution < -0.4 is 14.7 Å². The van der Waals surface area contributed by atoms with E-state index >= 15 is 0 Å². The first-order valence-corrected chi connectivity index (χ1v) is 26.3. The van der Waals surface area contributed by atoms with Gasteiger partial charge in [0, 0.05) is 67.5 Å². The highest BCUT2D eigenvalue weighted by Gasteiger charge is 2.35. The zero-order valence-corrected chi connectivity index (χ0v) is 41.9. The SMILES string of the molecule is C1=CCC2C(=C1)c1cc(-c3c(-c4cc(N(c5ccccc5)c5ccccc5)cc(N(c5ccccc5)c5ccccc5)c4)cccc3-c3ccc4c(c3)c3ccccc3n4-c3ccccc3)ccc1N2c1ccccc1. The van der Waals surface area contributed by atoms with E-state index in [1.807, 2.05) is 0 Å². The normalized spacial score (nSPS) is 13.6. The Balaban J connectivity index is 1.05. The molecule has 11 aromatic carbocycles. The third-order valence-corrected chi connectivity index (χ3v) is 15.2. The van der Waals surface area contributed by atoms with Gasteiger partial charge in [0.05, 0.1) is 17.1 Å². The number of fused-ring (bicyclic) bond motifs is 6. The maximum Gasteiger partial charge on any atom is 0.0632 e. The Morgan fingerprint density at radius 1 is 0.342 bits per heavy atom. The second kappa shape index (κ2) is 19.2. The van der Waals surface area contributed by atoms with Gasteiger partial charge in [-0.25, -0.2) is 0 Å². The molecule has 0 radical (unpaired) electrons. The van der Waals surface area contributed by atoms with Gasteiger partial charge in [-0.15, -0.1) is 0 Å². The number of allylic oxidation sites excluding steroid dienone is 2. The highest BCUT2D eigenvalue weighted by Crippen LogP contribution is 2.52. The average molecular weight is 973 g/mol. The molecule has 0 amide bonds. The number of anilines is 8. The van der Waals surface area contributed by atoms with Crippen LogP contribution in [0, 0.1) is 0 Å². The lowest BCUT2D eigenvalue weighted by atomic mass is 9.85. The van der Waals surface area contributed by atoms with E-state index in [4.69, 9.17) is 0 Å². The van der Waals surface area contributed by atoms with Gasteiger partial charge in [-0.3, -0.25) is 0 Å². The fourth-order valence-corrected chi connectivity index (χ4v) is 11.9. The van der Waals surface area contributed by atoms with E-state index in [1.54, 1.807) is 0 Å². The molecule has 0 spiro atoms. The molecule has 0 saturated heterocycles. The summed E-state index contributed by atoms with van der Waals surface area (Å²) >= 11 is 0. The van der Waals surface area contributed by atoms with Crippen LogP contribution in [0.25, 0.3) is 66.4 Å². The Morgan fingerprint density at radius 2 is 0.842 bits per heavy atom. The van der Waals surface area contributed by atoms with Crippen LogP contribution in [0.15, 0.2) is 297 Å². The summed E-state index contributed by atoms with van der Waals surface area (Å²) in [5, 5.41) is 2.44. The van der Waals surface area contributed by atoms with E-state index in [1.165, 1.54) is 55.4 Å². The molecule has 1 aromatic heterocycles. The second-order valence-electron chi connectivity index (χ2n) is 19.6. The summed E-state index contributed by atoms with van der Waals surface area (Å²) < 4.78 is 2.40. The van der Waals surface area contributed by atoms with Gasteiger partial charge in [-0.2, -0.15) is 0 Å². The van der Waals surface area contributed by atoms with Crippen LogP contribution in [0.4, 0.5) is 45.5 Å². The molecule has 4 nitrogen and oxygen atoms in total. The molecular weight excluding hydrogens is 921 g/mol. The van der Waals surface area contributed by atoms with Crippen molar-refractivity contribution in [2.24, 2.45) is 0 Å². The molecule has 12 aromatic rings. The van der Waals surface area contributed by atoms with Crippen LogP contribution in [0.2, 0.25) is 0 Å². The molecule has 0 bridgehead atoms. The Bertz CT molecular complexity index is 3950. The van der Waals surface area contributed by atoms with Crippen molar-refractivity contribution in [1.29, 1.82) is 0 Å². The number of para-hydroxylation sites is 7. The lowest BCUT2D eigenvalue weighted by Crippen LogP contribution is -2.26. The predicted molar refractivity (Wildman–Crippen MR) is 321 cm³/mol. The topological polar surface area (TPSA) is 14.7 Å². The number of hydrogen-bond acceptors (Lipinski definition) is 3. The van der Waals surface area contributed by atoms with E-state index in [0.29, 0.717) is 0 Å². The molecule has 360 valence electrons. The van der Waals surface area contributed by atoms with E-state index in [2.05, 4.69) is 317 Å². The zero-order valence-electron chi connectivity index (χ0n) is 41.9. The summed E-state index contributed by atoms with van der Waals surface area (Å²) in [6.07, 6.45) is 7.82. The molecule has 0 saturated carbocycles. The lowest BCUT2D eigenvalue weighted by Gasteiger charge is -2.30. The van der Waals surface area contributed by atoms with Crippen molar-refractivity contribution in [3.8, 4) is 39.1 Å². The maximum absolute atomic E-state index is 2.54. The fraction of sp³-hybridized carbons (Fsp3) is 0.0278. The molecule has 0 N–H and O–H groups in total. The Labute approximate surface area is 444 Å². The number of aromatic nitrogens is 1. The van der Waals surface area contributed by atoms with Crippen LogP contribution in [0.3, 0.4) is 0 Å². The van der Waals surface area contributed by atoms with Crippen LogP contribution in [0.1, 0.15) is 12.0 Å². The summed E-state index contributed by atoms with van der Waals surface area (Å²) in [5.74, 6) is 0. The number of hydrogen-bond donors (Lipinski definition) is 0. The van der Waals surface area contributed by atoms with Gasteiger partial charge < -0.3 is 19.3 Å². The highest BCUT2D eigenvalue weighted by atomic mass is 15.2. The minimum absolute atomic E-state index is 0.208. The minimum atomic E-state index is 0.208. The number of nitrogens with zero attached hydrogens (tertiary/aromatic N) is 4. The van der Waals surface area contributed by atoms with Gasteiger partial charge in [0.15, 0.2) is 0 Å². The second-order valence-corrected chi connectivity index (χ2v) is 19.6. The van der Waals surface area contributed by atoms with Gasteiger partial charge in [-0.05, 0) is 167 Å². The van der Waals surface area contributed by atoms with Crippen LogP contribution in [0.5, 0.6) is 0 Å². The first kappa shape index (κ1) is 44.8. The van der Waals surface area contributed by atoms with Crippen LogP contribution in [-0.4, -0.2) is 10.6 Å². The summed E-state index contributed by atoms with van der Waals surface area (Å²) in [7, 11) is 0. The molecule has 14 rings (SSSR count). The fourth-order valence-electron chi connectivity index (χ4n) is 11.9. The maximum atomic E-state index is 2.54. The van der Waals surface area contributed by atoms with Crippen molar-refractivity contribution in [3.05, 3.63) is 303 Å². The zero-order chi connectivity index (χ0) is 50.4. The van der Waals surface area contributed by atoms with Gasteiger partial charge in [0.2, 0.25) is 0 Å². The van der Waals surface area contributed by atoms with Gasteiger partial charge in [0.1, 0.15) is 0 Å². The Hall–Kier alpha value is -9.90. The molecule has 0 fully saturated rings. The quantitative estimate of drug-likeness (QED) is 0.128. The van der Waals surface area contributed by atoms with Gasteiger partial charge in [0.25, 0.3) is 0 Å². The Kier molecular flexibility index (Phi) is 11.3. The molecule has 2 heterocycles. The van der Waals surface area contributed by atoms with Gasteiger partial charge >= 0.3 is 0 Å². The Morgan fingerprint density at radius 3 is 1.43 bits per heavy atom. The summed E-state index contributed by atoms with van der Waals surface area (Å²) in [4.78, 5) is 7.31. The summed E-state index contributed by atoms with van der Waals surface area (Å²) in [6.45, 7) is 0. The van der Waals surface area contributed by atoms with Crippen molar-refractivity contribution in [1.82, 2.24) is 4.57 Å². The number of benzene rings is 11. The van der Waals surface area contributed by atoms with Gasteiger partial charge in [-0.1, -0.05) is 176 Å². The van der Waals surface area contributed by atoms with E-state index in [0.717, 1.165) is 68.5 Å². The largest absolute Gasteiger partial charge is 0.333 e. The number of rotatable bonds is 11. The van der Waals surface area contributed by atoms with Crippen LogP contribution in [-0.2, 0) is 0 Å². The predicted octanol–water partition coefficient (Wildman–Crippen LogP) is 19.6. The smallest absolute Gasteiger partial charge is 0.0632 e. The first-order chi connectivity index (χ1) is 37.7. The minimum Gasteiger partial charge on any atom is -0.333 e. The first-order valence-electron chi connectivity index (χ1n) is 26.3. The third kappa shape index (κ3) is 7.87. The van der Waals surface area contributed by atoms with Crippen molar-refractivity contribution in [2.45, 2.75) is 12.5 Å². The highest BCUT2D eigenvalue weighted by molar-refractivity contribution is 6.11. The van der Waals surface area contributed by atoms with E-state index < -0.39 is 0 Å². The van der Waals surface area contributed by atoms with Crippen molar-refractivity contribution in [2.75, 3.05) is 14.7 Å². The van der Waals surface area contributed by atoms with E-state index in [-0.39, 0.29) is 6.04 Å². The molecule has 1 aliphatic carbocycles. The average Bonchev–Trinajstić information content (AvgIpc) is 4.02. The molecule has 76 heavy (non-hydrogen) atoms. The molecule has 1 aliphatic heterocycles. The third-order valence-electron chi connectivity index (χ3n) is 15.2. The van der Waals surface area contributed by atoms with Crippen LogP contribution >= 0.6 is 0 Å². The molecular formula is C72H52N4. The van der Waals surface area contributed by atoms with E-state index in [9.17, 15) is 0 Å². The summed E-state index contributed by atoms with van der Waals surface area (Å²) in [6, 6.07) is 102. The molecule has 4 heteroatoms. The monoisotopic (exact) mass is 972 g/mol. The lowest BCUT2D eigenvalue weighted by molar-refractivity contribution is 0.829. The summed E-state index contributed by atoms with van der Waals surface area (Å²) in [5.41, 5.74) is 21.9.